The van der Waals surface area contributed by atoms with Gasteiger partial charge in [0.25, 0.3) is 0 Å². The molecule has 3 rings (SSSR count). The standard InChI is InChI=1S/C27H37N2.Pd/c1-18(2)22-11-9-12-23(19(3)4)26(22)28-15-16-29(17-28)27-24(20(5)6)13-10-14-25(27)21(7)8;/h9-21H,1-8H3;/q-1;. The Morgan fingerprint density at radius 1 is 0.533 bits per heavy atom. The molecule has 0 bridgehead atoms. The number of benzene rings is 2. The van der Waals surface area contributed by atoms with Crippen molar-refractivity contribution in [1.82, 2.24) is 0 Å². The van der Waals surface area contributed by atoms with Gasteiger partial charge in [0.2, 0.25) is 0 Å². The number of nitrogens with zero attached hydrogens (tertiary/aromatic N) is 2. The third-order valence-corrected chi connectivity index (χ3v) is 5.84. The fourth-order valence-electron chi connectivity index (χ4n) is 4.24. The summed E-state index contributed by atoms with van der Waals surface area (Å²) < 4.78 is 0. The van der Waals surface area contributed by atoms with Crippen molar-refractivity contribution in [3.63, 3.8) is 0 Å². The molecule has 30 heavy (non-hydrogen) atoms. The predicted octanol–water partition coefficient (Wildman–Crippen LogP) is 8.09. The first-order valence-corrected chi connectivity index (χ1v) is 11.1. The van der Waals surface area contributed by atoms with Crippen molar-refractivity contribution in [2.45, 2.75) is 79.1 Å². The van der Waals surface area contributed by atoms with Crippen LogP contribution in [0.3, 0.4) is 0 Å². The van der Waals surface area contributed by atoms with E-state index in [9.17, 15) is 0 Å². The molecule has 0 fully saturated rings. The smallest absolute Gasteiger partial charge is 0.0195 e. The van der Waals surface area contributed by atoms with Crippen molar-refractivity contribution in [3.05, 3.63) is 77.7 Å². The maximum Gasteiger partial charge on any atom is 0.0195 e. The van der Waals surface area contributed by atoms with Crippen LogP contribution in [0.15, 0.2) is 48.8 Å². The quantitative estimate of drug-likeness (QED) is 0.295. The Kier molecular flexibility index (Phi) is 8.37. The van der Waals surface area contributed by atoms with E-state index in [-0.39, 0.29) is 20.4 Å². The van der Waals surface area contributed by atoms with E-state index in [2.05, 4.69) is 121 Å². The number of hydrogen-bond acceptors (Lipinski definition) is 2. The van der Waals surface area contributed by atoms with E-state index in [0.29, 0.717) is 23.7 Å². The molecule has 0 saturated heterocycles. The summed E-state index contributed by atoms with van der Waals surface area (Å²) in [5, 5.41) is 0. The van der Waals surface area contributed by atoms with Crippen LogP contribution in [0.2, 0.25) is 0 Å². The summed E-state index contributed by atoms with van der Waals surface area (Å²) in [6, 6.07) is 13.5. The van der Waals surface area contributed by atoms with Gasteiger partial charge in [-0.1, -0.05) is 91.8 Å². The molecule has 0 aromatic heterocycles. The van der Waals surface area contributed by atoms with Crippen molar-refractivity contribution in [2.75, 3.05) is 9.80 Å². The fourth-order valence-corrected chi connectivity index (χ4v) is 4.24. The van der Waals surface area contributed by atoms with Gasteiger partial charge in [0.1, 0.15) is 0 Å². The van der Waals surface area contributed by atoms with Crippen molar-refractivity contribution in [1.29, 1.82) is 0 Å². The third kappa shape index (κ3) is 4.84. The van der Waals surface area contributed by atoms with Crippen LogP contribution in [-0.4, -0.2) is 0 Å². The van der Waals surface area contributed by atoms with Gasteiger partial charge in [-0.05, 0) is 58.3 Å². The van der Waals surface area contributed by atoms with Crippen LogP contribution in [0.4, 0.5) is 11.4 Å². The molecule has 0 N–H and O–H groups in total. The Bertz CT molecular complexity index is 756. The van der Waals surface area contributed by atoms with Gasteiger partial charge in [0.05, 0.1) is 0 Å². The monoisotopic (exact) mass is 495 g/mol. The topological polar surface area (TPSA) is 6.48 Å². The second kappa shape index (κ2) is 10.2. The molecule has 3 heteroatoms. The molecule has 0 radical (unpaired) electrons. The first-order valence-electron chi connectivity index (χ1n) is 11.1. The molecule has 0 unspecified atom stereocenters. The van der Waals surface area contributed by atoms with Crippen LogP contribution in [0.25, 0.3) is 0 Å². The molecule has 1 aliphatic heterocycles. The molecule has 1 heterocycles. The summed E-state index contributed by atoms with van der Waals surface area (Å²) >= 11 is 0. The van der Waals surface area contributed by atoms with E-state index in [1.807, 2.05) is 0 Å². The Hall–Kier alpha value is -1.56. The number of hydrogen-bond donors (Lipinski definition) is 0. The molecule has 2 aromatic carbocycles. The molecule has 0 atom stereocenters. The van der Waals surface area contributed by atoms with Gasteiger partial charge in [-0.25, -0.2) is 0 Å². The fraction of sp³-hybridized carbons (Fsp3) is 0.444. The zero-order valence-corrected chi connectivity index (χ0v) is 21.3. The normalized spacial score (nSPS) is 13.9. The molecule has 0 amide bonds. The number of rotatable bonds is 6. The van der Waals surface area contributed by atoms with E-state index in [1.54, 1.807) is 0 Å². The second-order valence-electron chi connectivity index (χ2n) is 9.42. The molecule has 166 valence electrons. The predicted molar refractivity (Wildman–Crippen MR) is 128 cm³/mol. The largest absolute Gasteiger partial charge is 0.479 e. The Morgan fingerprint density at radius 2 is 0.800 bits per heavy atom. The first-order chi connectivity index (χ1) is 13.7. The minimum absolute atomic E-state index is 0. The molecule has 0 spiro atoms. The summed E-state index contributed by atoms with van der Waals surface area (Å²) in [7, 11) is 0. The average molecular weight is 496 g/mol. The molecule has 0 aliphatic carbocycles. The van der Waals surface area contributed by atoms with E-state index >= 15 is 0 Å². The van der Waals surface area contributed by atoms with Crippen molar-refractivity contribution >= 4 is 11.4 Å². The maximum atomic E-state index is 2.33. The van der Waals surface area contributed by atoms with E-state index in [4.69, 9.17) is 0 Å². The average Bonchev–Trinajstić information content (AvgIpc) is 3.15. The van der Waals surface area contributed by atoms with Gasteiger partial charge in [-0.2, -0.15) is 0 Å². The summed E-state index contributed by atoms with van der Waals surface area (Å²) in [5.74, 6) is 1.92. The van der Waals surface area contributed by atoms with E-state index in [1.165, 1.54) is 33.6 Å². The maximum absolute atomic E-state index is 2.33. The third-order valence-electron chi connectivity index (χ3n) is 5.84. The molecular formula is C27H37N2Pd-. The van der Waals surface area contributed by atoms with Crippen LogP contribution >= 0.6 is 0 Å². The van der Waals surface area contributed by atoms with Gasteiger partial charge in [-0.3, -0.25) is 0 Å². The summed E-state index contributed by atoms with van der Waals surface area (Å²) in [6.45, 7) is 20.5. The van der Waals surface area contributed by atoms with Gasteiger partial charge in [-0.15, -0.1) is 6.67 Å². The summed E-state index contributed by atoms with van der Waals surface area (Å²) in [5.41, 5.74) is 8.29. The minimum Gasteiger partial charge on any atom is -0.479 e. The Morgan fingerprint density at radius 3 is 1.03 bits per heavy atom. The van der Waals surface area contributed by atoms with E-state index < -0.39 is 0 Å². The van der Waals surface area contributed by atoms with Crippen molar-refractivity contribution in [2.24, 2.45) is 0 Å². The van der Waals surface area contributed by atoms with Gasteiger partial charge < -0.3 is 9.80 Å². The summed E-state index contributed by atoms with van der Waals surface area (Å²) in [4.78, 5) is 4.65. The van der Waals surface area contributed by atoms with Crippen molar-refractivity contribution < 1.29 is 20.4 Å². The number of para-hydroxylation sites is 2. The molecule has 2 nitrogen and oxygen atoms in total. The van der Waals surface area contributed by atoms with Crippen molar-refractivity contribution in [3.8, 4) is 0 Å². The zero-order valence-electron chi connectivity index (χ0n) is 19.7. The molecular weight excluding hydrogens is 459 g/mol. The van der Waals surface area contributed by atoms with Crippen LogP contribution in [0.5, 0.6) is 0 Å². The summed E-state index contributed by atoms with van der Waals surface area (Å²) in [6.07, 6.45) is 4.43. The van der Waals surface area contributed by atoms with Crippen LogP contribution in [0.1, 0.15) is 101 Å². The number of anilines is 2. The Balaban J connectivity index is 0.00000320. The molecule has 1 aliphatic rings. The minimum atomic E-state index is 0. The SMILES string of the molecule is CC(C)c1cccc(C(C)C)c1N1C=CN(c2c(C(C)C)cccc2C(C)C)[CH-]1.[Pd]. The zero-order chi connectivity index (χ0) is 21.3. The van der Waals surface area contributed by atoms with E-state index in [0.717, 1.165) is 0 Å². The van der Waals surface area contributed by atoms with Crippen LogP contribution in [0, 0.1) is 6.67 Å². The van der Waals surface area contributed by atoms with Gasteiger partial charge in [0.15, 0.2) is 0 Å². The van der Waals surface area contributed by atoms with Gasteiger partial charge in [0, 0.05) is 31.8 Å². The first kappa shape index (κ1) is 24.7. The van der Waals surface area contributed by atoms with Gasteiger partial charge >= 0.3 is 0 Å². The molecule has 0 saturated carbocycles. The Labute approximate surface area is 198 Å². The second-order valence-corrected chi connectivity index (χ2v) is 9.42. The molecule has 2 aromatic rings. The van der Waals surface area contributed by atoms with Crippen LogP contribution < -0.4 is 9.80 Å². The van der Waals surface area contributed by atoms with Crippen LogP contribution in [-0.2, 0) is 20.4 Å².